The van der Waals surface area contributed by atoms with E-state index in [1.165, 1.54) is 12.8 Å². The van der Waals surface area contributed by atoms with Gasteiger partial charge in [0.25, 0.3) is 5.91 Å². The molecule has 21 heavy (non-hydrogen) atoms. The van der Waals surface area contributed by atoms with Gasteiger partial charge in [-0.2, -0.15) is 0 Å². The fraction of sp³-hybridized carbons (Fsp3) is 0.562. The van der Waals surface area contributed by atoms with Gasteiger partial charge in [-0.05, 0) is 30.9 Å². The average molecular weight is 310 g/mol. The van der Waals surface area contributed by atoms with Crippen LogP contribution in [-0.2, 0) is 0 Å². The van der Waals surface area contributed by atoms with Crippen LogP contribution in [0.2, 0.25) is 5.02 Å². The van der Waals surface area contributed by atoms with E-state index in [0.29, 0.717) is 41.2 Å². The van der Waals surface area contributed by atoms with Crippen molar-refractivity contribution in [1.82, 2.24) is 4.90 Å². The number of carbonyl (C=O) groups is 1. The molecule has 1 atom stereocenters. The number of fused-ring (bicyclic) bond motifs is 1. The second-order valence-electron chi connectivity index (χ2n) is 5.83. The molecule has 1 amide bonds. The molecule has 0 aliphatic carbocycles. The summed E-state index contributed by atoms with van der Waals surface area (Å²) in [6.07, 6.45) is 3.44. The van der Waals surface area contributed by atoms with E-state index in [1.807, 2.05) is 4.90 Å². The van der Waals surface area contributed by atoms with Crippen molar-refractivity contribution in [3.63, 3.8) is 0 Å². The van der Waals surface area contributed by atoms with Gasteiger partial charge >= 0.3 is 0 Å². The van der Waals surface area contributed by atoms with Gasteiger partial charge in [-0.1, -0.05) is 24.9 Å². The molecule has 2 aliphatic rings. The van der Waals surface area contributed by atoms with E-state index in [2.05, 4.69) is 6.92 Å². The molecule has 2 aliphatic heterocycles. The van der Waals surface area contributed by atoms with Crippen LogP contribution in [-0.4, -0.2) is 37.1 Å². The summed E-state index contributed by atoms with van der Waals surface area (Å²) < 4.78 is 11.0. The zero-order valence-corrected chi connectivity index (χ0v) is 13.0. The van der Waals surface area contributed by atoms with Crippen molar-refractivity contribution < 1.29 is 14.3 Å². The molecule has 1 fully saturated rings. The van der Waals surface area contributed by atoms with Crippen LogP contribution in [0.5, 0.6) is 11.5 Å². The van der Waals surface area contributed by atoms with Crippen LogP contribution in [0.25, 0.3) is 0 Å². The van der Waals surface area contributed by atoms with Crippen molar-refractivity contribution >= 4 is 17.5 Å². The molecule has 1 saturated heterocycles. The molecule has 0 unspecified atom stereocenters. The van der Waals surface area contributed by atoms with Gasteiger partial charge in [-0.3, -0.25) is 4.79 Å². The number of rotatable bonds is 1. The van der Waals surface area contributed by atoms with Crippen molar-refractivity contribution in [2.75, 3.05) is 26.3 Å². The lowest BCUT2D eigenvalue weighted by Crippen LogP contribution is -2.34. The van der Waals surface area contributed by atoms with Crippen molar-refractivity contribution in [2.45, 2.75) is 26.2 Å². The first-order valence-electron chi connectivity index (χ1n) is 7.53. The molecule has 0 bridgehead atoms. The van der Waals surface area contributed by atoms with Crippen LogP contribution in [0.3, 0.4) is 0 Å². The third-order valence-electron chi connectivity index (χ3n) is 4.04. The Morgan fingerprint density at radius 3 is 2.95 bits per heavy atom. The molecule has 4 nitrogen and oxygen atoms in total. The molecule has 0 N–H and O–H groups in total. The highest BCUT2D eigenvalue weighted by molar-refractivity contribution is 6.32. The molecule has 2 heterocycles. The Morgan fingerprint density at radius 1 is 1.29 bits per heavy atom. The maximum atomic E-state index is 12.7. The minimum Gasteiger partial charge on any atom is -0.486 e. The SMILES string of the molecule is C[C@@H]1CCCCN(C(=O)c2cc(Cl)c3c(c2)OCCO3)C1. The Labute approximate surface area is 130 Å². The van der Waals surface area contributed by atoms with E-state index in [0.717, 1.165) is 19.5 Å². The largest absolute Gasteiger partial charge is 0.486 e. The van der Waals surface area contributed by atoms with Crippen LogP contribution >= 0.6 is 11.6 Å². The highest BCUT2D eigenvalue weighted by atomic mass is 35.5. The summed E-state index contributed by atoms with van der Waals surface area (Å²) in [5.41, 5.74) is 0.582. The van der Waals surface area contributed by atoms with Gasteiger partial charge in [0, 0.05) is 18.7 Å². The number of benzene rings is 1. The van der Waals surface area contributed by atoms with Gasteiger partial charge in [0.15, 0.2) is 11.5 Å². The van der Waals surface area contributed by atoms with Crippen LogP contribution < -0.4 is 9.47 Å². The van der Waals surface area contributed by atoms with E-state index >= 15 is 0 Å². The van der Waals surface area contributed by atoms with Gasteiger partial charge < -0.3 is 14.4 Å². The van der Waals surface area contributed by atoms with E-state index in [9.17, 15) is 4.79 Å². The number of halogens is 1. The van der Waals surface area contributed by atoms with E-state index in [1.54, 1.807) is 12.1 Å². The Bertz CT molecular complexity index is 547. The first-order valence-corrected chi connectivity index (χ1v) is 7.91. The molecule has 0 spiro atoms. The summed E-state index contributed by atoms with van der Waals surface area (Å²) in [4.78, 5) is 14.6. The number of hydrogen-bond donors (Lipinski definition) is 0. The quantitative estimate of drug-likeness (QED) is 0.798. The zero-order valence-electron chi connectivity index (χ0n) is 12.2. The molecule has 0 aromatic heterocycles. The molecule has 1 aromatic carbocycles. The van der Waals surface area contributed by atoms with E-state index < -0.39 is 0 Å². The third kappa shape index (κ3) is 3.10. The lowest BCUT2D eigenvalue weighted by molar-refractivity contribution is 0.0743. The maximum Gasteiger partial charge on any atom is 0.254 e. The maximum absolute atomic E-state index is 12.7. The van der Waals surface area contributed by atoms with Gasteiger partial charge in [-0.15, -0.1) is 0 Å². The lowest BCUT2D eigenvalue weighted by Gasteiger charge is -2.24. The number of likely N-dealkylation sites (tertiary alicyclic amines) is 1. The highest BCUT2D eigenvalue weighted by Gasteiger charge is 2.24. The fourth-order valence-corrected chi connectivity index (χ4v) is 3.22. The van der Waals surface area contributed by atoms with Crippen LogP contribution in [0.4, 0.5) is 0 Å². The number of amides is 1. The topological polar surface area (TPSA) is 38.8 Å². The van der Waals surface area contributed by atoms with Crippen molar-refractivity contribution in [2.24, 2.45) is 5.92 Å². The number of ether oxygens (including phenoxy) is 2. The summed E-state index contributed by atoms with van der Waals surface area (Å²) in [6, 6.07) is 3.44. The standard InChI is InChI=1S/C16H20ClNO3/c1-11-4-2-3-5-18(10-11)16(19)12-8-13(17)15-14(9-12)20-6-7-21-15/h8-9,11H,2-7,10H2,1H3/t11-/m1/s1. The second kappa shape index (κ2) is 6.14. The average Bonchev–Trinajstić information content (AvgIpc) is 2.71. The molecule has 1 aromatic rings. The second-order valence-corrected chi connectivity index (χ2v) is 6.24. The van der Waals surface area contributed by atoms with Crippen molar-refractivity contribution in [1.29, 1.82) is 0 Å². The normalized spacial score (nSPS) is 21.8. The molecule has 5 heteroatoms. The highest BCUT2D eigenvalue weighted by Crippen LogP contribution is 2.38. The molecule has 0 saturated carbocycles. The van der Waals surface area contributed by atoms with Crippen LogP contribution in [0.15, 0.2) is 12.1 Å². The lowest BCUT2D eigenvalue weighted by atomic mass is 10.1. The summed E-state index contributed by atoms with van der Waals surface area (Å²) >= 11 is 6.22. The van der Waals surface area contributed by atoms with Crippen LogP contribution in [0.1, 0.15) is 36.5 Å². The van der Waals surface area contributed by atoms with Gasteiger partial charge in [-0.25, -0.2) is 0 Å². The molecule has 0 radical (unpaired) electrons. The Hall–Kier alpha value is -1.42. The zero-order chi connectivity index (χ0) is 14.8. The number of nitrogens with zero attached hydrogens (tertiary/aromatic N) is 1. The molecule has 114 valence electrons. The first kappa shape index (κ1) is 14.5. The monoisotopic (exact) mass is 309 g/mol. The van der Waals surface area contributed by atoms with Gasteiger partial charge in [0.2, 0.25) is 0 Å². The van der Waals surface area contributed by atoms with Crippen LogP contribution in [0, 0.1) is 5.92 Å². The molecular formula is C16H20ClNO3. The fourth-order valence-electron chi connectivity index (χ4n) is 2.96. The van der Waals surface area contributed by atoms with Gasteiger partial charge in [0.1, 0.15) is 13.2 Å². The van der Waals surface area contributed by atoms with Gasteiger partial charge in [0.05, 0.1) is 5.02 Å². The molecular weight excluding hydrogens is 290 g/mol. The number of carbonyl (C=O) groups excluding carboxylic acids is 1. The summed E-state index contributed by atoms with van der Waals surface area (Å²) in [7, 11) is 0. The van der Waals surface area contributed by atoms with Crippen molar-refractivity contribution in [3.8, 4) is 11.5 Å². The minimum atomic E-state index is 0.0302. The summed E-state index contributed by atoms with van der Waals surface area (Å²) in [6.45, 7) is 4.80. The summed E-state index contributed by atoms with van der Waals surface area (Å²) in [5.74, 6) is 1.69. The predicted octanol–water partition coefficient (Wildman–Crippen LogP) is 3.37. The van der Waals surface area contributed by atoms with E-state index in [4.69, 9.17) is 21.1 Å². The Balaban J connectivity index is 1.85. The van der Waals surface area contributed by atoms with E-state index in [-0.39, 0.29) is 5.91 Å². The smallest absolute Gasteiger partial charge is 0.254 e. The third-order valence-corrected chi connectivity index (χ3v) is 4.32. The number of hydrogen-bond acceptors (Lipinski definition) is 3. The first-order chi connectivity index (χ1) is 10.1. The van der Waals surface area contributed by atoms with Crippen molar-refractivity contribution in [3.05, 3.63) is 22.7 Å². The Kier molecular flexibility index (Phi) is 4.24. The predicted molar refractivity (Wildman–Crippen MR) is 81.4 cm³/mol. The minimum absolute atomic E-state index is 0.0302. The summed E-state index contributed by atoms with van der Waals surface area (Å²) in [5, 5.41) is 0.443. The Morgan fingerprint density at radius 2 is 2.10 bits per heavy atom. The molecule has 3 rings (SSSR count).